The molecule has 0 aromatic carbocycles. The van der Waals surface area contributed by atoms with E-state index in [4.69, 9.17) is 4.74 Å². The van der Waals surface area contributed by atoms with E-state index >= 15 is 0 Å². The molecule has 0 spiro atoms. The Kier molecular flexibility index (Phi) is 7.69. The lowest BCUT2D eigenvalue weighted by atomic mass is 10.1. The number of nitrogens with one attached hydrogen (secondary N) is 1. The van der Waals surface area contributed by atoms with Crippen molar-refractivity contribution in [2.75, 3.05) is 31.4 Å². The Hall–Kier alpha value is -5.14. The third kappa shape index (κ3) is 6.37. The van der Waals surface area contributed by atoms with Gasteiger partial charge in [-0.2, -0.15) is 9.61 Å². The normalized spacial score (nSPS) is 13.1. The Morgan fingerprint density at radius 1 is 1.09 bits per heavy atom. The van der Waals surface area contributed by atoms with Crippen LogP contribution in [0.2, 0.25) is 0 Å². The minimum atomic E-state index is -0.746. The number of anilines is 3. The molecule has 2 amide bonds. The van der Waals surface area contributed by atoms with E-state index in [1.807, 2.05) is 0 Å². The Labute approximate surface area is 247 Å². The smallest absolute Gasteiger partial charge is 0.415 e. The molecule has 1 saturated carbocycles. The molecule has 0 saturated heterocycles. The van der Waals surface area contributed by atoms with Crippen LogP contribution < -0.4 is 15.8 Å². The summed E-state index contributed by atoms with van der Waals surface area (Å²) in [7, 11) is 4.74. The predicted octanol–water partition coefficient (Wildman–Crippen LogP) is 3.47. The summed E-state index contributed by atoms with van der Waals surface area (Å²) in [6.07, 6.45) is 7.39. The average Bonchev–Trinajstić information content (AvgIpc) is 3.66. The lowest BCUT2D eigenvalue weighted by Gasteiger charge is -2.25. The maximum Gasteiger partial charge on any atom is 0.415 e. The lowest BCUT2D eigenvalue weighted by molar-refractivity contribution is 0.0587. The topological polar surface area (TPSA) is 157 Å². The fourth-order valence-corrected chi connectivity index (χ4v) is 4.26. The molecule has 224 valence electrons. The van der Waals surface area contributed by atoms with Crippen LogP contribution in [0.1, 0.15) is 60.9 Å². The second kappa shape index (κ2) is 11.3. The predicted molar refractivity (Wildman–Crippen MR) is 158 cm³/mol. The number of carbonyl (C=O) groups excluding carboxylic acids is 3. The molecule has 1 aliphatic carbocycles. The molecule has 0 unspecified atom stereocenters. The number of fused-ring (bicyclic) bond motifs is 1. The van der Waals surface area contributed by atoms with Gasteiger partial charge < -0.3 is 15.0 Å². The van der Waals surface area contributed by atoms with Gasteiger partial charge in [-0.3, -0.25) is 23.9 Å². The van der Waals surface area contributed by atoms with E-state index in [0.717, 1.165) is 12.8 Å². The van der Waals surface area contributed by atoms with Crippen molar-refractivity contribution in [1.82, 2.24) is 34.0 Å². The molecule has 0 aliphatic heterocycles. The first-order valence-electron chi connectivity index (χ1n) is 13.7. The number of rotatable bonds is 8. The second-order valence-electron chi connectivity index (χ2n) is 11.6. The third-order valence-electron chi connectivity index (χ3n) is 6.66. The molecular weight excluding hydrogens is 554 g/mol. The minimum absolute atomic E-state index is 0.0927. The van der Waals surface area contributed by atoms with Gasteiger partial charge in [-0.05, 0) is 51.7 Å². The first-order valence-corrected chi connectivity index (χ1v) is 13.7. The van der Waals surface area contributed by atoms with Crippen molar-refractivity contribution in [3.05, 3.63) is 64.6 Å². The molecule has 4 aromatic rings. The number of nitrogens with zero attached hydrogens (tertiary/aromatic N) is 8. The zero-order valence-corrected chi connectivity index (χ0v) is 24.9. The number of ether oxygens (including phenoxy) is 1. The lowest BCUT2D eigenvalue weighted by Crippen LogP contribution is -2.35. The molecule has 4 heterocycles. The largest absolute Gasteiger partial charge is 0.443 e. The number of amides is 2. The van der Waals surface area contributed by atoms with Crippen molar-refractivity contribution in [2.45, 2.75) is 45.6 Å². The van der Waals surface area contributed by atoms with Crippen LogP contribution in [0, 0.1) is 5.92 Å². The van der Waals surface area contributed by atoms with Crippen LogP contribution in [0.15, 0.2) is 47.8 Å². The molecule has 0 radical (unpaired) electrons. The summed E-state index contributed by atoms with van der Waals surface area (Å²) in [6, 6.07) is 4.74. The molecular formula is C29H33N9O5. The summed E-state index contributed by atoms with van der Waals surface area (Å²) in [5.41, 5.74) is -0.365. The van der Waals surface area contributed by atoms with Crippen molar-refractivity contribution in [3.63, 3.8) is 0 Å². The highest BCUT2D eigenvalue weighted by Gasteiger charge is 2.29. The molecule has 0 atom stereocenters. The molecule has 43 heavy (non-hydrogen) atoms. The Balaban J connectivity index is 1.53. The van der Waals surface area contributed by atoms with Crippen LogP contribution in [-0.4, -0.2) is 78.6 Å². The van der Waals surface area contributed by atoms with Gasteiger partial charge in [-0.15, -0.1) is 0 Å². The average molecular weight is 588 g/mol. The van der Waals surface area contributed by atoms with Gasteiger partial charge in [0.15, 0.2) is 17.2 Å². The highest BCUT2D eigenvalue weighted by atomic mass is 16.6. The highest BCUT2D eigenvalue weighted by molar-refractivity contribution is 6.02. The van der Waals surface area contributed by atoms with Crippen molar-refractivity contribution < 1.29 is 19.1 Å². The maximum atomic E-state index is 13.5. The van der Waals surface area contributed by atoms with Crippen molar-refractivity contribution in [1.29, 1.82) is 0 Å². The van der Waals surface area contributed by atoms with Gasteiger partial charge in [-0.25, -0.2) is 19.7 Å². The number of hydrogen-bond donors (Lipinski definition) is 1. The van der Waals surface area contributed by atoms with Crippen LogP contribution in [0.5, 0.6) is 0 Å². The van der Waals surface area contributed by atoms with Gasteiger partial charge in [0.25, 0.3) is 11.5 Å². The van der Waals surface area contributed by atoms with E-state index in [-0.39, 0.29) is 46.2 Å². The zero-order chi connectivity index (χ0) is 31.1. The maximum absolute atomic E-state index is 13.5. The molecule has 1 aliphatic rings. The number of Topliss-reactive ketones (excluding diaryl/α,β-unsaturated/α-hetero) is 1. The molecule has 14 heteroatoms. The van der Waals surface area contributed by atoms with Crippen molar-refractivity contribution in [3.8, 4) is 5.82 Å². The number of pyridine rings is 1. The Morgan fingerprint density at radius 2 is 1.84 bits per heavy atom. The molecule has 14 nitrogen and oxygen atoms in total. The molecule has 0 bridgehead atoms. The van der Waals surface area contributed by atoms with Gasteiger partial charge in [0.05, 0.1) is 24.2 Å². The van der Waals surface area contributed by atoms with Crippen LogP contribution in [0.4, 0.5) is 22.1 Å². The van der Waals surface area contributed by atoms with E-state index in [0.29, 0.717) is 17.9 Å². The zero-order valence-electron chi connectivity index (χ0n) is 24.9. The quantitative estimate of drug-likeness (QED) is 0.303. The third-order valence-corrected chi connectivity index (χ3v) is 6.66. The van der Waals surface area contributed by atoms with E-state index < -0.39 is 17.3 Å². The minimum Gasteiger partial charge on any atom is -0.443 e. The van der Waals surface area contributed by atoms with E-state index in [1.54, 1.807) is 47.0 Å². The van der Waals surface area contributed by atoms with Gasteiger partial charge in [0.2, 0.25) is 0 Å². The fourth-order valence-electron chi connectivity index (χ4n) is 4.26. The van der Waals surface area contributed by atoms with Gasteiger partial charge >= 0.3 is 6.09 Å². The summed E-state index contributed by atoms with van der Waals surface area (Å²) < 4.78 is 8.22. The fraction of sp³-hybridized carbons (Fsp3) is 0.379. The van der Waals surface area contributed by atoms with Crippen molar-refractivity contribution in [2.24, 2.45) is 5.92 Å². The van der Waals surface area contributed by atoms with Gasteiger partial charge in [-0.1, -0.05) is 0 Å². The standard InChI is InChI=1S/C29H33N9O5/c1-29(2,3)43-28(42)36(6)24-13-22(34-25-18(14-32-38(24)25)21(39)12-17-9-10-17)33-19-8-7-11-37(27(19)41)23-16-30-20(15-31-23)26(40)35(4)5/h7-8,11,13-17H,9-10,12H2,1-6H3,(H,33,34). The summed E-state index contributed by atoms with van der Waals surface area (Å²) in [5, 5.41) is 7.39. The van der Waals surface area contributed by atoms with Crippen LogP contribution >= 0.6 is 0 Å². The summed E-state index contributed by atoms with van der Waals surface area (Å²) >= 11 is 0. The monoisotopic (exact) mass is 587 g/mol. The Bertz CT molecular complexity index is 1770. The molecule has 5 rings (SSSR count). The summed E-state index contributed by atoms with van der Waals surface area (Å²) in [6.45, 7) is 5.28. The van der Waals surface area contributed by atoms with E-state index in [2.05, 4.69) is 25.4 Å². The van der Waals surface area contributed by atoms with Gasteiger partial charge in [0, 0.05) is 39.8 Å². The van der Waals surface area contributed by atoms with Gasteiger partial charge in [0.1, 0.15) is 28.6 Å². The second-order valence-corrected chi connectivity index (χ2v) is 11.6. The number of hydrogen-bond acceptors (Lipinski definition) is 10. The summed E-state index contributed by atoms with van der Waals surface area (Å²) in [4.78, 5) is 67.4. The molecule has 1 fully saturated rings. The first-order chi connectivity index (χ1) is 20.3. The Morgan fingerprint density at radius 3 is 2.47 bits per heavy atom. The van der Waals surface area contributed by atoms with Crippen LogP contribution in [0.3, 0.4) is 0 Å². The van der Waals surface area contributed by atoms with E-state index in [1.165, 1.54) is 56.8 Å². The molecule has 4 aromatic heterocycles. The van der Waals surface area contributed by atoms with Crippen LogP contribution in [-0.2, 0) is 4.74 Å². The highest BCUT2D eigenvalue weighted by Crippen LogP contribution is 2.34. The number of carbonyl (C=O) groups is 3. The number of ketones is 1. The van der Waals surface area contributed by atoms with Crippen LogP contribution in [0.25, 0.3) is 11.5 Å². The summed E-state index contributed by atoms with van der Waals surface area (Å²) in [5.74, 6) is 0.632. The van der Waals surface area contributed by atoms with Crippen molar-refractivity contribution >= 4 is 40.8 Å². The number of aromatic nitrogens is 6. The van der Waals surface area contributed by atoms with E-state index in [9.17, 15) is 19.2 Å². The molecule has 1 N–H and O–H groups in total. The SMILES string of the molecule is CN(C)C(=O)c1cnc(-n2cccc(Nc3cc(N(C)C(=O)OC(C)(C)C)n4ncc(C(=O)CC5CC5)c4n3)c2=O)cn1. The first kappa shape index (κ1) is 29.4.